The Hall–Kier alpha value is -0.530. The lowest BCUT2D eigenvalue weighted by Crippen LogP contribution is -2.44. The number of rotatable bonds is 3. The molecule has 0 spiro atoms. The molecule has 2 heteroatoms. The Labute approximate surface area is 101 Å². The third-order valence-corrected chi connectivity index (χ3v) is 3.27. The van der Waals surface area contributed by atoms with Crippen molar-refractivity contribution in [2.75, 3.05) is 6.61 Å². The average molecular weight is 228 g/mol. The van der Waals surface area contributed by atoms with Crippen molar-refractivity contribution in [3.05, 3.63) is 0 Å². The van der Waals surface area contributed by atoms with Gasteiger partial charge in [0.15, 0.2) is 0 Å². The van der Waals surface area contributed by atoms with Crippen LogP contribution in [-0.2, 0) is 9.53 Å². The van der Waals surface area contributed by atoms with Crippen molar-refractivity contribution in [2.45, 2.75) is 61.8 Å². The van der Waals surface area contributed by atoms with Crippen LogP contribution >= 0.6 is 0 Å². The minimum atomic E-state index is -0.429. The summed E-state index contributed by atoms with van der Waals surface area (Å²) in [5.41, 5.74) is -0.400. The van der Waals surface area contributed by atoms with Gasteiger partial charge in [-0.1, -0.05) is 41.5 Å². The highest BCUT2D eigenvalue weighted by Crippen LogP contribution is 2.47. The molecule has 1 atom stereocenters. The molecular weight excluding hydrogens is 200 g/mol. The van der Waals surface area contributed by atoms with Gasteiger partial charge in [0.1, 0.15) is 0 Å². The number of carbonyl (C=O) groups is 1. The largest absolute Gasteiger partial charge is 0.466 e. The first-order chi connectivity index (χ1) is 6.94. The molecular formula is C14H28O2. The summed E-state index contributed by atoms with van der Waals surface area (Å²) in [6.45, 7) is 17.1. The molecule has 0 bridgehead atoms. The standard InChI is InChI=1S/C14H28O2/c1-9-16-11(15)14(8,13(5,6)7)10-12(2,3)4/h9-10H2,1-8H3/t14-/m1/s1. The summed E-state index contributed by atoms with van der Waals surface area (Å²) in [7, 11) is 0. The van der Waals surface area contributed by atoms with E-state index in [4.69, 9.17) is 4.74 Å². The van der Waals surface area contributed by atoms with E-state index in [1.54, 1.807) is 0 Å². The molecule has 16 heavy (non-hydrogen) atoms. The Bertz CT molecular complexity index is 242. The van der Waals surface area contributed by atoms with Crippen LogP contribution < -0.4 is 0 Å². The van der Waals surface area contributed by atoms with Crippen molar-refractivity contribution in [1.82, 2.24) is 0 Å². The molecule has 0 aliphatic heterocycles. The van der Waals surface area contributed by atoms with Gasteiger partial charge in [-0.05, 0) is 31.1 Å². The SMILES string of the molecule is CCOC(=O)[C@@](C)(CC(C)(C)C)C(C)(C)C. The molecule has 0 saturated carbocycles. The number of carbonyl (C=O) groups excluding carboxylic acids is 1. The molecule has 0 aromatic carbocycles. The van der Waals surface area contributed by atoms with Crippen molar-refractivity contribution < 1.29 is 9.53 Å². The maximum absolute atomic E-state index is 12.2. The predicted molar refractivity (Wildman–Crippen MR) is 68.3 cm³/mol. The third kappa shape index (κ3) is 3.80. The lowest BCUT2D eigenvalue weighted by molar-refractivity contribution is -0.164. The van der Waals surface area contributed by atoms with Gasteiger partial charge >= 0.3 is 5.97 Å². The van der Waals surface area contributed by atoms with Gasteiger partial charge in [-0.2, -0.15) is 0 Å². The van der Waals surface area contributed by atoms with E-state index in [9.17, 15) is 4.79 Å². The van der Waals surface area contributed by atoms with E-state index in [2.05, 4.69) is 41.5 Å². The number of ether oxygens (including phenoxy) is 1. The van der Waals surface area contributed by atoms with Crippen LogP contribution in [0.2, 0.25) is 0 Å². The van der Waals surface area contributed by atoms with Crippen molar-refractivity contribution in [3.63, 3.8) is 0 Å². The fourth-order valence-electron chi connectivity index (χ4n) is 1.99. The second-order valence-electron chi connectivity index (χ2n) is 7.04. The molecule has 2 nitrogen and oxygen atoms in total. The van der Waals surface area contributed by atoms with E-state index in [1.807, 2.05) is 13.8 Å². The molecule has 0 amide bonds. The second-order valence-corrected chi connectivity index (χ2v) is 7.04. The van der Waals surface area contributed by atoms with Crippen LogP contribution in [0.1, 0.15) is 61.8 Å². The smallest absolute Gasteiger partial charge is 0.312 e. The minimum absolute atomic E-state index is 0.0718. The van der Waals surface area contributed by atoms with Gasteiger partial charge < -0.3 is 4.74 Å². The molecule has 0 aliphatic rings. The Morgan fingerprint density at radius 2 is 1.44 bits per heavy atom. The highest BCUT2D eigenvalue weighted by molar-refractivity contribution is 5.77. The molecule has 0 unspecified atom stereocenters. The zero-order chi connectivity index (χ0) is 13.2. The van der Waals surface area contributed by atoms with Crippen LogP contribution in [0, 0.1) is 16.2 Å². The fourth-order valence-corrected chi connectivity index (χ4v) is 1.99. The maximum atomic E-state index is 12.2. The second kappa shape index (κ2) is 4.77. The lowest BCUT2D eigenvalue weighted by atomic mass is 9.61. The fraction of sp³-hybridized carbons (Fsp3) is 0.929. The summed E-state index contributed by atoms with van der Waals surface area (Å²) in [6.07, 6.45) is 0.836. The van der Waals surface area contributed by atoms with E-state index in [0.29, 0.717) is 6.61 Å². The highest BCUT2D eigenvalue weighted by Gasteiger charge is 2.47. The molecule has 0 aromatic rings. The van der Waals surface area contributed by atoms with Crippen molar-refractivity contribution in [2.24, 2.45) is 16.2 Å². The molecule has 0 heterocycles. The first-order valence-corrected chi connectivity index (χ1v) is 6.11. The van der Waals surface area contributed by atoms with Gasteiger partial charge in [0, 0.05) is 0 Å². The summed E-state index contributed by atoms with van der Waals surface area (Å²) in [5.74, 6) is -0.0718. The molecule has 96 valence electrons. The summed E-state index contributed by atoms with van der Waals surface area (Å²) in [5, 5.41) is 0. The first kappa shape index (κ1) is 15.5. The van der Waals surface area contributed by atoms with Crippen LogP contribution in [0.3, 0.4) is 0 Å². The van der Waals surface area contributed by atoms with Gasteiger partial charge in [0.05, 0.1) is 12.0 Å². The highest BCUT2D eigenvalue weighted by atomic mass is 16.5. The van der Waals surface area contributed by atoms with Crippen LogP contribution in [0.25, 0.3) is 0 Å². The lowest BCUT2D eigenvalue weighted by Gasteiger charge is -2.43. The van der Waals surface area contributed by atoms with Gasteiger partial charge in [0.25, 0.3) is 0 Å². The van der Waals surface area contributed by atoms with Gasteiger partial charge in [-0.25, -0.2) is 0 Å². The minimum Gasteiger partial charge on any atom is -0.466 e. The average Bonchev–Trinajstić information content (AvgIpc) is 1.99. The Morgan fingerprint density at radius 3 is 1.69 bits per heavy atom. The van der Waals surface area contributed by atoms with Crippen LogP contribution in [-0.4, -0.2) is 12.6 Å². The van der Waals surface area contributed by atoms with Gasteiger partial charge in [-0.3, -0.25) is 4.79 Å². The number of hydrogen-bond acceptors (Lipinski definition) is 2. The van der Waals surface area contributed by atoms with Crippen LogP contribution in [0.4, 0.5) is 0 Å². The van der Waals surface area contributed by atoms with E-state index >= 15 is 0 Å². The summed E-state index contributed by atoms with van der Waals surface area (Å²) in [4.78, 5) is 12.2. The predicted octanol–water partition coefficient (Wildman–Crippen LogP) is 4.04. The maximum Gasteiger partial charge on any atom is 0.312 e. The zero-order valence-electron chi connectivity index (χ0n) is 12.2. The summed E-state index contributed by atoms with van der Waals surface area (Å²) in [6, 6.07) is 0. The Balaban J connectivity index is 5.13. The number of hydrogen-bond donors (Lipinski definition) is 0. The molecule has 0 radical (unpaired) electrons. The summed E-state index contributed by atoms with van der Waals surface area (Å²) < 4.78 is 5.24. The molecule has 0 rings (SSSR count). The molecule has 0 fully saturated rings. The Kier molecular flexibility index (Phi) is 4.61. The Morgan fingerprint density at radius 1 is 1.00 bits per heavy atom. The molecule has 0 aromatic heterocycles. The van der Waals surface area contributed by atoms with E-state index in [1.165, 1.54) is 0 Å². The van der Waals surface area contributed by atoms with Gasteiger partial charge in [0.2, 0.25) is 0 Å². The van der Waals surface area contributed by atoms with Gasteiger partial charge in [-0.15, -0.1) is 0 Å². The van der Waals surface area contributed by atoms with Crippen molar-refractivity contribution in [3.8, 4) is 0 Å². The normalized spacial score (nSPS) is 16.8. The summed E-state index contributed by atoms with van der Waals surface area (Å²) >= 11 is 0. The quantitative estimate of drug-likeness (QED) is 0.681. The molecule has 0 saturated heterocycles. The topological polar surface area (TPSA) is 26.3 Å². The van der Waals surface area contributed by atoms with Crippen LogP contribution in [0.5, 0.6) is 0 Å². The zero-order valence-corrected chi connectivity index (χ0v) is 12.2. The molecule has 0 aliphatic carbocycles. The van der Waals surface area contributed by atoms with Crippen molar-refractivity contribution in [1.29, 1.82) is 0 Å². The van der Waals surface area contributed by atoms with Crippen LogP contribution in [0.15, 0.2) is 0 Å². The van der Waals surface area contributed by atoms with E-state index < -0.39 is 5.41 Å². The third-order valence-electron chi connectivity index (χ3n) is 3.27. The number of esters is 1. The van der Waals surface area contributed by atoms with E-state index in [0.717, 1.165) is 6.42 Å². The van der Waals surface area contributed by atoms with E-state index in [-0.39, 0.29) is 16.8 Å². The monoisotopic (exact) mass is 228 g/mol. The molecule has 0 N–H and O–H groups in total. The first-order valence-electron chi connectivity index (χ1n) is 6.11. The van der Waals surface area contributed by atoms with Crippen molar-refractivity contribution >= 4 is 5.97 Å².